The molecule has 0 amide bonds. The summed E-state index contributed by atoms with van der Waals surface area (Å²) in [6.07, 6.45) is 3.36. The van der Waals surface area contributed by atoms with Gasteiger partial charge in [-0.05, 0) is 23.9 Å². The van der Waals surface area contributed by atoms with E-state index in [1.54, 1.807) is 43.2 Å². The van der Waals surface area contributed by atoms with E-state index >= 15 is 0 Å². The van der Waals surface area contributed by atoms with Gasteiger partial charge in [0.05, 0.1) is 5.69 Å². The summed E-state index contributed by atoms with van der Waals surface area (Å²) in [6, 6.07) is 25.6. The Morgan fingerprint density at radius 3 is 1.86 bits per heavy atom. The van der Waals surface area contributed by atoms with Crippen molar-refractivity contribution in [3.63, 3.8) is 0 Å². The van der Waals surface area contributed by atoms with Crippen molar-refractivity contribution in [2.75, 3.05) is 0 Å². The van der Waals surface area contributed by atoms with E-state index < -0.39 is 11.6 Å². The Bertz CT molecular complexity index is 918. The molecule has 0 aliphatic carbocycles. The molecule has 2 aromatic carbocycles. The number of hydrogen-bond acceptors (Lipinski definition) is 2. The molecule has 2 aromatic heterocycles. The molecule has 0 bridgehead atoms. The van der Waals surface area contributed by atoms with E-state index in [1.807, 2.05) is 42.6 Å². The summed E-state index contributed by atoms with van der Waals surface area (Å²) in [4.78, 5) is 8.19. The fourth-order valence-electron chi connectivity index (χ4n) is 2.29. The number of aromatic nitrogens is 2. The molecule has 0 aliphatic rings. The first-order valence-electron chi connectivity index (χ1n) is 8.10. The summed E-state index contributed by atoms with van der Waals surface area (Å²) in [5, 5.41) is 0. The standard InChI is InChI=1S/C11H6F2N.C11H9N.ClH.Pt/c12-8-4-5-9(10(13)7-8)11-3-1-2-6-14-11;1-2-6-10(7-3-1)11-8-4-5-9-12-11;;/h1-4,6-7H;1-9H;1H;/q-1;;;+2/p-1. The zero-order chi connectivity index (χ0) is 20.2. The molecule has 0 aliphatic heterocycles. The van der Waals surface area contributed by atoms with Crippen LogP contribution in [0, 0.1) is 17.7 Å². The van der Waals surface area contributed by atoms with E-state index in [0.717, 1.165) is 23.4 Å². The van der Waals surface area contributed by atoms with Crippen LogP contribution in [0.1, 0.15) is 0 Å². The Labute approximate surface area is 178 Å². The van der Waals surface area contributed by atoms with Crippen LogP contribution in [0.2, 0.25) is 0 Å². The molecule has 4 aromatic rings. The summed E-state index contributed by atoms with van der Waals surface area (Å²) < 4.78 is 25.8. The van der Waals surface area contributed by atoms with Gasteiger partial charge in [-0.3, -0.25) is 13.8 Å². The van der Waals surface area contributed by atoms with Crippen molar-refractivity contribution in [1.29, 1.82) is 0 Å². The molecule has 0 atom stereocenters. The molecule has 2 nitrogen and oxygen atoms in total. The average molecular weight is 576 g/mol. The topological polar surface area (TPSA) is 25.8 Å². The first-order chi connectivity index (χ1) is 13.7. The van der Waals surface area contributed by atoms with Gasteiger partial charge in [-0.1, -0.05) is 60.2 Å². The second kappa shape index (κ2) is 12.1. The molecule has 0 radical (unpaired) electrons. The second-order valence-corrected chi connectivity index (χ2v) is 5.34. The van der Waals surface area contributed by atoms with Crippen LogP contribution in [0.5, 0.6) is 0 Å². The quantitative estimate of drug-likeness (QED) is 0.264. The normalized spacial score (nSPS) is 9.46. The maximum Gasteiger partial charge on any atom is 0.0701 e. The van der Waals surface area contributed by atoms with Gasteiger partial charge < -0.3 is 4.98 Å². The van der Waals surface area contributed by atoms with Crippen molar-refractivity contribution >= 4 is 9.42 Å². The zero-order valence-electron chi connectivity index (χ0n) is 14.5. The Balaban J connectivity index is 0.000000186. The predicted molar refractivity (Wildman–Crippen MR) is 104 cm³/mol. The molecule has 4 rings (SSSR count). The minimum Gasteiger partial charge on any atom is -0.256 e. The van der Waals surface area contributed by atoms with Crippen molar-refractivity contribution in [1.82, 2.24) is 9.97 Å². The van der Waals surface area contributed by atoms with Crippen molar-refractivity contribution < 1.29 is 27.6 Å². The fraction of sp³-hybridized carbons (Fsp3) is 0. The SMILES string of the molecule is Fc1c[c-]c(-c2ccccn2)c(F)c1.[Cl][Pt+].c1ccc(-c2ccccn2)cc1. The Kier molecular flexibility index (Phi) is 9.47. The summed E-state index contributed by atoms with van der Waals surface area (Å²) in [5.41, 5.74) is 2.83. The van der Waals surface area contributed by atoms with E-state index in [0.29, 0.717) is 5.69 Å². The molecule has 6 heteroatoms. The van der Waals surface area contributed by atoms with E-state index in [1.165, 1.54) is 0 Å². The Morgan fingerprint density at radius 2 is 1.32 bits per heavy atom. The minimum absolute atomic E-state index is 0.187. The molecule has 0 spiro atoms. The van der Waals surface area contributed by atoms with Gasteiger partial charge in [0.25, 0.3) is 0 Å². The third-order valence-electron chi connectivity index (χ3n) is 3.51. The van der Waals surface area contributed by atoms with Crippen LogP contribution < -0.4 is 0 Å². The number of hydrogen-bond donors (Lipinski definition) is 0. The summed E-state index contributed by atoms with van der Waals surface area (Å²) >= 11 is 1.61. The second-order valence-electron chi connectivity index (χ2n) is 5.34. The smallest absolute Gasteiger partial charge is 0.0701 e. The van der Waals surface area contributed by atoms with Gasteiger partial charge in [0.2, 0.25) is 0 Å². The van der Waals surface area contributed by atoms with Crippen molar-refractivity contribution in [2.24, 2.45) is 0 Å². The predicted octanol–water partition coefficient (Wildman–Crippen LogP) is 6.26. The molecular formula is C22H15ClF2N2Pt. The molecule has 0 saturated carbocycles. The zero-order valence-corrected chi connectivity index (χ0v) is 17.5. The van der Waals surface area contributed by atoms with E-state index in [-0.39, 0.29) is 5.56 Å². The summed E-state index contributed by atoms with van der Waals surface area (Å²) in [6.45, 7) is 0. The van der Waals surface area contributed by atoms with Gasteiger partial charge >= 0.3 is 28.2 Å². The Morgan fingerprint density at radius 1 is 0.750 bits per heavy atom. The first kappa shape index (κ1) is 21.9. The van der Waals surface area contributed by atoms with Crippen LogP contribution in [0.25, 0.3) is 22.5 Å². The molecule has 28 heavy (non-hydrogen) atoms. The number of nitrogens with zero attached hydrogens (tertiary/aromatic N) is 2. The van der Waals surface area contributed by atoms with Crippen LogP contribution in [0.3, 0.4) is 0 Å². The third kappa shape index (κ3) is 6.63. The summed E-state index contributed by atoms with van der Waals surface area (Å²) in [7, 11) is 4.61. The molecule has 144 valence electrons. The van der Waals surface area contributed by atoms with Crippen LogP contribution in [-0.4, -0.2) is 9.97 Å². The minimum atomic E-state index is -0.649. The van der Waals surface area contributed by atoms with E-state index in [4.69, 9.17) is 0 Å². The number of rotatable bonds is 2. The maximum atomic E-state index is 13.2. The van der Waals surface area contributed by atoms with E-state index in [2.05, 4.69) is 37.6 Å². The fourth-order valence-corrected chi connectivity index (χ4v) is 2.29. The van der Waals surface area contributed by atoms with Gasteiger partial charge in [0.15, 0.2) is 0 Å². The molecule has 0 saturated heterocycles. The molecule has 0 N–H and O–H groups in total. The van der Waals surface area contributed by atoms with Crippen LogP contribution >= 0.6 is 9.42 Å². The molecule has 0 unspecified atom stereocenters. The van der Waals surface area contributed by atoms with Crippen molar-refractivity contribution in [3.05, 3.63) is 109 Å². The van der Waals surface area contributed by atoms with Gasteiger partial charge in [0, 0.05) is 29.6 Å². The number of pyridine rings is 2. The molecule has 0 fully saturated rings. The average Bonchev–Trinajstić information content (AvgIpc) is 2.77. The molecule has 2 heterocycles. The van der Waals surface area contributed by atoms with E-state index in [9.17, 15) is 8.78 Å². The van der Waals surface area contributed by atoms with Crippen LogP contribution in [0.15, 0.2) is 91.3 Å². The summed E-state index contributed by atoms with van der Waals surface area (Å²) in [5.74, 6) is -1.29. The maximum absolute atomic E-state index is 13.2. The largest absolute Gasteiger partial charge is 0.256 e. The Hall–Kier alpha value is -2.42. The number of benzene rings is 2. The van der Waals surface area contributed by atoms with Crippen molar-refractivity contribution in [3.8, 4) is 22.5 Å². The van der Waals surface area contributed by atoms with Crippen LogP contribution in [-0.2, 0) is 18.8 Å². The van der Waals surface area contributed by atoms with Gasteiger partial charge in [-0.15, -0.1) is 12.1 Å². The van der Waals surface area contributed by atoms with Crippen LogP contribution in [0.4, 0.5) is 8.78 Å². The third-order valence-corrected chi connectivity index (χ3v) is 3.51. The van der Waals surface area contributed by atoms with Gasteiger partial charge in [0.1, 0.15) is 0 Å². The first-order valence-corrected chi connectivity index (χ1v) is 10.9. The molecular weight excluding hydrogens is 561 g/mol. The van der Waals surface area contributed by atoms with Crippen molar-refractivity contribution in [2.45, 2.75) is 0 Å². The monoisotopic (exact) mass is 575 g/mol. The number of halogens is 3. The van der Waals surface area contributed by atoms with Gasteiger partial charge in [-0.25, -0.2) is 0 Å². The van der Waals surface area contributed by atoms with Gasteiger partial charge in [-0.2, -0.15) is 0 Å².